The Hall–Kier alpha value is -0.620. The standard InChI is InChI=1S/C6H3BrFN3S/c7-5-3-9-1-4-2-10-11(12-8)6(4)5/h1-3H. The van der Waals surface area contributed by atoms with Gasteiger partial charge in [-0.05, 0) is 15.9 Å². The Morgan fingerprint density at radius 2 is 2.25 bits per heavy atom. The molecule has 0 bridgehead atoms. The lowest BCUT2D eigenvalue weighted by atomic mass is 10.3. The zero-order valence-electron chi connectivity index (χ0n) is 5.74. The Balaban J connectivity index is 2.83. The van der Waals surface area contributed by atoms with Crippen LogP contribution in [0.2, 0.25) is 0 Å². The van der Waals surface area contributed by atoms with Crippen LogP contribution in [0.5, 0.6) is 0 Å². The summed E-state index contributed by atoms with van der Waals surface area (Å²) in [7, 11) is 0. The maximum absolute atomic E-state index is 12.2. The van der Waals surface area contributed by atoms with Gasteiger partial charge >= 0.3 is 0 Å². The molecule has 62 valence electrons. The van der Waals surface area contributed by atoms with E-state index in [0.717, 1.165) is 9.86 Å². The molecule has 6 heteroatoms. The number of rotatable bonds is 1. The van der Waals surface area contributed by atoms with E-state index in [2.05, 4.69) is 26.0 Å². The van der Waals surface area contributed by atoms with Gasteiger partial charge < -0.3 is 0 Å². The molecule has 0 saturated heterocycles. The fourth-order valence-electron chi connectivity index (χ4n) is 0.964. The number of nitrogens with zero attached hydrogens (tertiary/aromatic N) is 3. The van der Waals surface area contributed by atoms with Crippen molar-refractivity contribution >= 4 is 39.2 Å². The van der Waals surface area contributed by atoms with E-state index >= 15 is 0 Å². The van der Waals surface area contributed by atoms with Crippen LogP contribution < -0.4 is 0 Å². The third kappa shape index (κ3) is 1.11. The van der Waals surface area contributed by atoms with Crippen LogP contribution in [0.1, 0.15) is 0 Å². The third-order valence-electron chi connectivity index (χ3n) is 1.46. The fraction of sp³-hybridized carbons (Fsp3) is 0. The normalized spacial score (nSPS) is 10.8. The number of halogens is 2. The molecule has 0 atom stereocenters. The molecule has 0 amide bonds. The topological polar surface area (TPSA) is 30.7 Å². The molecule has 0 aliphatic rings. The number of hydrogen-bond donors (Lipinski definition) is 0. The van der Waals surface area contributed by atoms with Crippen molar-refractivity contribution in [3.63, 3.8) is 0 Å². The van der Waals surface area contributed by atoms with E-state index in [1.54, 1.807) is 18.6 Å². The van der Waals surface area contributed by atoms with E-state index < -0.39 is 0 Å². The Morgan fingerprint density at radius 1 is 1.42 bits per heavy atom. The maximum atomic E-state index is 12.2. The first-order chi connectivity index (χ1) is 5.83. The van der Waals surface area contributed by atoms with Crippen LogP contribution in [0.4, 0.5) is 3.89 Å². The van der Waals surface area contributed by atoms with E-state index in [0.29, 0.717) is 5.52 Å². The number of pyridine rings is 1. The maximum Gasteiger partial charge on any atom is 0.188 e. The van der Waals surface area contributed by atoms with Gasteiger partial charge in [-0.3, -0.25) is 4.98 Å². The first-order valence-corrected chi connectivity index (χ1v) is 4.56. The minimum Gasteiger partial charge on any atom is -0.263 e. The van der Waals surface area contributed by atoms with Gasteiger partial charge in [0.15, 0.2) is 12.3 Å². The monoisotopic (exact) mass is 247 g/mol. The lowest BCUT2D eigenvalue weighted by molar-refractivity contribution is 0.888. The molecule has 2 heterocycles. The zero-order chi connectivity index (χ0) is 8.55. The summed E-state index contributed by atoms with van der Waals surface area (Å²) in [6, 6.07) is 0. The number of aromatic nitrogens is 3. The summed E-state index contributed by atoms with van der Waals surface area (Å²) < 4.78 is 14.2. The van der Waals surface area contributed by atoms with Crippen molar-refractivity contribution in [2.75, 3.05) is 0 Å². The lowest BCUT2D eigenvalue weighted by Gasteiger charge is -1.95. The van der Waals surface area contributed by atoms with E-state index in [9.17, 15) is 3.89 Å². The minimum atomic E-state index is 0.0669. The van der Waals surface area contributed by atoms with E-state index in [1.165, 1.54) is 4.09 Å². The molecule has 0 unspecified atom stereocenters. The smallest absolute Gasteiger partial charge is 0.188 e. The second-order valence-corrected chi connectivity index (χ2v) is 3.48. The SMILES string of the molecule is FSn1ncc2cncc(Br)c21. The van der Waals surface area contributed by atoms with E-state index in [1.807, 2.05) is 0 Å². The summed E-state index contributed by atoms with van der Waals surface area (Å²) in [5, 5.41) is 4.62. The molecular formula is C6H3BrFN3S. The first kappa shape index (κ1) is 8.00. The predicted octanol–water partition coefficient (Wildman–Crippen LogP) is 2.57. The van der Waals surface area contributed by atoms with Gasteiger partial charge in [0.1, 0.15) is 5.52 Å². The van der Waals surface area contributed by atoms with E-state index in [-0.39, 0.29) is 12.3 Å². The molecule has 2 rings (SSSR count). The zero-order valence-corrected chi connectivity index (χ0v) is 8.14. The highest BCUT2D eigenvalue weighted by Crippen LogP contribution is 2.25. The largest absolute Gasteiger partial charge is 0.263 e. The summed E-state index contributed by atoms with van der Waals surface area (Å²) in [6.45, 7) is 0. The van der Waals surface area contributed by atoms with Crippen LogP contribution in [0.3, 0.4) is 0 Å². The van der Waals surface area contributed by atoms with Crippen molar-refractivity contribution < 1.29 is 3.89 Å². The molecule has 0 aliphatic carbocycles. The second kappa shape index (κ2) is 3.02. The highest BCUT2D eigenvalue weighted by molar-refractivity contribution is 9.10. The van der Waals surface area contributed by atoms with Crippen LogP contribution in [-0.4, -0.2) is 14.2 Å². The molecule has 0 spiro atoms. The van der Waals surface area contributed by atoms with Crippen molar-refractivity contribution in [1.82, 2.24) is 14.2 Å². The Morgan fingerprint density at radius 3 is 3.00 bits per heavy atom. The molecule has 0 fully saturated rings. The minimum absolute atomic E-state index is 0.0669. The molecule has 2 aromatic heterocycles. The molecule has 0 saturated carbocycles. The van der Waals surface area contributed by atoms with Crippen molar-refractivity contribution in [2.45, 2.75) is 0 Å². The molecule has 12 heavy (non-hydrogen) atoms. The van der Waals surface area contributed by atoms with Crippen LogP contribution >= 0.6 is 28.3 Å². The summed E-state index contributed by atoms with van der Waals surface area (Å²) in [4.78, 5) is 3.93. The van der Waals surface area contributed by atoms with Gasteiger partial charge in [-0.1, -0.05) is 0 Å². The summed E-state index contributed by atoms with van der Waals surface area (Å²) in [5.74, 6) is 0. The Bertz CT molecular complexity index is 416. The number of hydrogen-bond acceptors (Lipinski definition) is 3. The predicted molar refractivity (Wildman–Crippen MR) is 49.3 cm³/mol. The molecule has 0 aromatic carbocycles. The quantitative estimate of drug-likeness (QED) is 0.777. The van der Waals surface area contributed by atoms with Crippen molar-refractivity contribution in [2.24, 2.45) is 0 Å². The molecule has 3 nitrogen and oxygen atoms in total. The molecule has 2 aromatic rings. The molecule has 0 aliphatic heterocycles. The number of fused-ring (bicyclic) bond motifs is 1. The van der Waals surface area contributed by atoms with Crippen LogP contribution in [0, 0.1) is 0 Å². The highest BCUT2D eigenvalue weighted by atomic mass is 79.9. The summed E-state index contributed by atoms with van der Waals surface area (Å²) in [6.07, 6.45) is 4.82. The summed E-state index contributed by atoms with van der Waals surface area (Å²) in [5.41, 5.74) is 0.706. The average molecular weight is 248 g/mol. The van der Waals surface area contributed by atoms with Gasteiger partial charge in [0.05, 0.1) is 10.7 Å². The van der Waals surface area contributed by atoms with Gasteiger partial charge in [-0.15, -0.1) is 3.89 Å². The molecule has 0 N–H and O–H groups in total. The van der Waals surface area contributed by atoms with Gasteiger partial charge in [0.25, 0.3) is 0 Å². The van der Waals surface area contributed by atoms with Gasteiger partial charge in [0, 0.05) is 17.8 Å². The summed E-state index contributed by atoms with van der Waals surface area (Å²) >= 11 is 3.33. The van der Waals surface area contributed by atoms with Gasteiger partial charge in [-0.2, -0.15) is 9.19 Å². The highest BCUT2D eigenvalue weighted by Gasteiger charge is 2.06. The van der Waals surface area contributed by atoms with Gasteiger partial charge in [-0.25, -0.2) is 0 Å². The van der Waals surface area contributed by atoms with Crippen LogP contribution in [0.15, 0.2) is 23.1 Å². The Labute approximate surface area is 80.5 Å². The average Bonchev–Trinajstić information content (AvgIpc) is 2.49. The van der Waals surface area contributed by atoms with Crippen LogP contribution in [0.25, 0.3) is 10.9 Å². The van der Waals surface area contributed by atoms with Crippen molar-refractivity contribution in [3.05, 3.63) is 23.1 Å². The van der Waals surface area contributed by atoms with Crippen molar-refractivity contribution in [1.29, 1.82) is 0 Å². The van der Waals surface area contributed by atoms with Crippen LogP contribution in [-0.2, 0) is 0 Å². The third-order valence-corrected chi connectivity index (χ3v) is 2.45. The van der Waals surface area contributed by atoms with E-state index in [4.69, 9.17) is 0 Å². The van der Waals surface area contributed by atoms with Gasteiger partial charge in [0.2, 0.25) is 0 Å². The Kier molecular flexibility index (Phi) is 2.02. The van der Waals surface area contributed by atoms with Crippen molar-refractivity contribution in [3.8, 4) is 0 Å². The lowest BCUT2D eigenvalue weighted by Crippen LogP contribution is -1.85. The molecule has 0 radical (unpaired) electrons. The molecular weight excluding hydrogens is 245 g/mol. The fourth-order valence-corrected chi connectivity index (χ4v) is 1.95. The first-order valence-electron chi connectivity index (χ1n) is 3.09. The second-order valence-electron chi connectivity index (χ2n) is 2.15.